The number of hydrogen-bond acceptors (Lipinski definition) is 3. The second-order valence-electron chi connectivity index (χ2n) is 4.89. The van der Waals surface area contributed by atoms with Crippen LogP contribution in [0.1, 0.15) is 36.8 Å². The van der Waals surface area contributed by atoms with E-state index in [0.29, 0.717) is 18.0 Å². The maximum absolute atomic E-state index is 11.8. The predicted molar refractivity (Wildman–Crippen MR) is 70.2 cm³/mol. The minimum atomic E-state index is -1.12. The van der Waals surface area contributed by atoms with E-state index in [1.54, 1.807) is 6.07 Å². The summed E-state index contributed by atoms with van der Waals surface area (Å²) in [6.07, 6.45) is 0.644. The van der Waals surface area contributed by atoms with Gasteiger partial charge in [-0.2, -0.15) is 0 Å². The van der Waals surface area contributed by atoms with Gasteiger partial charge in [0.15, 0.2) is 0 Å². The number of rotatable bonds is 5. The molecular weight excluding hydrogens is 248 g/mol. The fourth-order valence-electron chi connectivity index (χ4n) is 1.62. The van der Waals surface area contributed by atoms with Crippen molar-refractivity contribution in [3.05, 3.63) is 33.7 Å². The van der Waals surface area contributed by atoms with Crippen LogP contribution in [0, 0.1) is 5.92 Å². The quantitative estimate of drug-likeness (QED) is 0.733. The van der Waals surface area contributed by atoms with Crippen molar-refractivity contribution in [2.24, 2.45) is 5.92 Å². The number of pyridine rings is 1. The number of aliphatic carboxylic acids is 1. The van der Waals surface area contributed by atoms with Crippen LogP contribution in [0.5, 0.6) is 0 Å². The zero-order valence-corrected chi connectivity index (χ0v) is 11.2. The molecule has 1 aromatic heterocycles. The molecule has 0 aliphatic rings. The minimum absolute atomic E-state index is 0.174. The molecule has 0 aromatic carbocycles. The Morgan fingerprint density at radius 3 is 2.47 bits per heavy atom. The third-order valence-corrected chi connectivity index (χ3v) is 2.51. The lowest BCUT2D eigenvalue weighted by atomic mass is 10.1. The van der Waals surface area contributed by atoms with Crippen LogP contribution < -0.4 is 10.9 Å². The van der Waals surface area contributed by atoms with E-state index in [-0.39, 0.29) is 11.1 Å². The van der Waals surface area contributed by atoms with Gasteiger partial charge in [-0.05, 0) is 25.3 Å². The fraction of sp³-hybridized carbons (Fsp3) is 0.462. The van der Waals surface area contributed by atoms with E-state index in [4.69, 9.17) is 5.11 Å². The van der Waals surface area contributed by atoms with Crippen LogP contribution in [-0.4, -0.2) is 28.0 Å². The normalized spacial score (nSPS) is 12.2. The second kappa shape index (κ2) is 6.17. The first kappa shape index (κ1) is 14.9. The first-order valence-corrected chi connectivity index (χ1v) is 6.06. The molecule has 0 spiro atoms. The van der Waals surface area contributed by atoms with Crippen LogP contribution in [0.2, 0.25) is 0 Å². The highest BCUT2D eigenvalue weighted by Gasteiger charge is 2.16. The maximum atomic E-state index is 11.8. The zero-order chi connectivity index (χ0) is 14.6. The van der Waals surface area contributed by atoms with Crippen molar-refractivity contribution in [2.45, 2.75) is 33.2 Å². The number of nitrogens with one attached hydrogen (secondary N) is 2. The van der Waals surface area contributed by atoms with Crippen LogP contribution in [0.25, 0.3) is 0 Å². The summed E-state index contributed by atoms with van der Waals surface area (Å²) in [5.41, 5.74) is 0.467. The summed E-state index contributed by atoms with van der Waals surface area (Å²) in [5, 5.41) is 11.0. The fourth-order valence-corrected chi connectivity index (χ4v) is 1.62. The zero-order valence-electron chi connectivity index (χ0n) is 11.2. The Balaban J connectivity index is 2.94. The topological polar surface area (TPSA) is 99.3 Å². The summed E-state index contributed by atoms with van der Waals surface area (Å²) >= 11 is 0. The summed E-state index contributed by atoms with van der Waals surface area (Å²) in [6, 6.07) is 1.74. The Bertz CT molecular complexity index is 534. The van der Waals surface area contributed by atoms with E-state index < -0.39 is 17.9 Å². The van der Waals surface area contributed by atoms with Crippen LogP contribution in [0.15, 0.2) is 16.9 Å². The average molecular weight is 266 g/mol. The highest BCUT2D eigenvalue weighted by Crippen LogP contribution is 2.06. The van der Waals surface area contributed by atoms with E-state index in [0.717, 1.165) is 6.07 Å². The van der Waals surface area contributed by atoms with Gasteiger partial charge < -0.3 is 15.4 Å². The SMILES string of the molecule is CC(C)Cc1cc(C(=O)N[C@H](C)C(=O)O)cc(=O)[nH]1. The van der Waals surface area contributed by atoms with Gasteiger partial charge in [-0.1, -0.05) is 13.8 Å². The first-order chi connectivity index (χ1) is 8.79. The third kappa shape index (κ3) is 4.57. The third-order valence-electron chi connectivity index (χ3n) is 2.51. The van der Waals surface area contributed by atoms with Gasteiger partial charge in [-0.15, -0.1) is 0 Å². The standard InChI is InChI=1S/C13H18N2O4/c1-7(2)4-10-5-9(6-11(16)15-10)12(17)14-8(3)13(18)19/h5-8H,4H2,1-3H3,(H,14,17)(H,15,16)(H,18,19)/t8-/m1/s1. The molecular formula is C13H18N2O4. The summed E-state index contributed by atoms with van der Waals surface area (Å²) in [4.78, 5) is 36.6. The van der Waals surface area contributed by atoms with Gasteiger partial charge in [0.25, 0.3) is 5.91 Å². The number of carbonyl (C=O) groups excluding carboxylic acids is 1. The van der Waals surface area contributed by atoms with Crippen molar-refractivity contribution < 1.29 is 14.7 Å². The van der Waals surface area contributed by atoms with Crippen molar-refractivity contribution in [1.82, 2.24) is 10.3 Å². The van der Waals surface area contributed by atoms with Crippen molar-refractivity contribution in [3.63, 3.8) is 0 Å². The summed E-state index contributed by atoms with van der Waals surface area (Å²) in [6.45, 7) is 5.36. The molecule has 1 heterocycles. The van der Waals surface area contributed by atoms with E-state index in [9.17, 15) is 14.4 Å². The Morgan fingerprint density at radius 1 is 1.32 bits per heavy atom. The number of carboxylic acid groups (broad SMARTS) is 1. The van der Waals surface area contributed by atoms with Crippen LogP contribution in [0.4, 0.5) is 0 Å². The molecule has 3 N–H and O–H groups in total. The molecule has 0 aliphatic heterocycles. The van der Waals surface area contributed by atoms with E-state index in [1.807, 2.05) is 13.8 Å². The number of carboxylic acids is 1. The van der Waals surface area contributed by atoms with Gasteiger partial charge in [0.05, 0.1) is 0 Å². The van der Waals surface area contributed by atoms with E-state index in [2.05, 4.69) is 10.3 Å². The molecule has 0 bridgehead atoms. The highest BCUT2D eigenvalue weighted by molar-refractivity contribution is 5.96. The first-order valence-electron chi connectivity index (χ1n) is 6.06. The number of hydrogen-bond donors (Lipinski definition) is 3. The predicted octanol–water partition coefficient (Wildman–Crippen LogP) is 0.776. The number of aromatic amines is 1. The molecule has 6 heteroatoms. The Hall–Kier alpha value is -2.11. The number of aromatic nitrogens is 1. The summed E-state index contributed by atoms with van der Waals surface area (Å²) < 4.78 is 0. The molecule has 0 unspecified atom stereocenters. The lowest BCUT2D eigenvalue weighted by molar-refractivity contribution is -0.138. The van der Waals surface area contributed by atoms with Crippen molar-refractivity contribution >= 4 is 11.9 Å². The lowest BCUT2D eigenvalue weighted by Gasteiger charge is -2.10. The largest absolute Gasteiger partial charge is 0.480 e. The Kier molecular flexibility index (Phi) is 4.86. The van der Waals surface area contributed by atoms with Crippen molar-refractivity contribution in [2.75, 3.05) is 0 Å². The van der Waals surface area contributed by atoms with Gasteiger partial charge in [0.1, 0.15) is 6.04 Å². The van der Waals surface area contributed by atoms with Crippen LogP contribution in [0.3, 0.4) is 0 Å². The number of amides is 1. The Labute approximate surface area is 110 Å². The minimum Gasteiger partial charge on any atom is -0.480 e. The molecule has 0 saturated heterocycles. The molecule has 0 radical (unpaired) electrons. The monoisotopic (exact) mass is 266 g/mol. The molecule has 19 heavy (non-hydrogen) atoms. The van der Waals surface area contributed by atoms with E-state index in [1.165, 1.54) is 6.92 Å². The molecule has 1 rings (SSSR count). The molecule has 1 aromatic rings. The average Bonchev–Trinajstić information content (AvgIpc) is 2.26. The molecule has 1 amide bonds. The van der Waals surface area contributed by atoms with Gasteiger partial charge in [-0.25, -0.2) is 0 Å². The highest BCUT2D eigenvalue weighted by atomic mass is 16.4. The second-order valence-corrected chi connectivity index (χ2v) is 4.89. The number of H-pyrrole nitrogens is 1. The molecule has 0 saturated carbocycles. The van der Waals surface area contributed by atoms with Crippen LogP contribution in [-0.2, 0) is 11.2 Å². The molecule has 1 atom stereocenters. The molecule has 6 nitrogen and oxygen atoms in total. The summed E-state index contributed by atoms with van der Waals surface area (Å²) in [5.74, 6) is -1.35. The Morgan fingerprint density at radius 2 is 1.95 bits per heavy atom. The summed E-state index contributed by atoms with van der Waals surface area (Å²) in [7, 11) is 0. The van der Waals surface area contributed by atoms with Gasteiger partial charge in [0.2, 0.25) is 5.56 Å². The molecule has 0 aliphatic carbocycles. The smallest absolute Gasteiger partial charge is 0.325 e. The molecule has 0 fully saturated rings. The maximum Gasteiger partial charge on any atom is 0.325 e. The van der Waals surface area contributed by atoms with Crippen molar-refractivity contribution in [3.8, 4) is 0 Å². The van der Waals surface area contributed by atoms with Gasteiger partial charge >= 0.3 is 5.97 Å². The number of carbonyl (C=O) groups is 2. The van der Waals surface area contributed by atoms with Gasteiger partial charge in [-0.3, -0.25) is 14.4 Å². The molecule has 104 valence electrons. The van der Waals surface area contributed by atoms with Crippen LogP contribution >= 0.6 is 0 Å². The van der Waals surface area contributed by atoms with Gasteiger partial charge in [0, 0.05) is 17.3 Å². The van der Waals surface area contributed by atoms with Crippen molar-refractivity contribution in [1.29, 1.82) is 0 Å². The lowest BCUT2D eigenvalue weighted by Crippen LogP contribution is -2.38. The van der Waals surface area contributed by atoms with E-state index >= 15 is 0 Å².